The molecule has 32 heavy (non-hydrogen) atoms. The van der Waals surface area contributed by atoms with Gasteiger partial charge in [0.1, 0.15) is 5.84 Å². The van der Waals surface area contributed by atoms with Gasteiger partial charge in [0.15, 0.2) is 6.23 Å². The Morgan fingerprint density at radius 3 is 2.25 bits per heavy atom. The van der Waals surface area contributed by atoms with Crippen molar-refractivity contribution in [2.75, 3.05) is 4.90 Å². The van der Waals surface area contributed by atoms with Gasteiger partial charge in [-0.15, -0.1) is 0 Å². The van der Waals surface area contributed by atoms with E-state index in [-0.39, 0.29) is 5.41 Å². The summed E-state index contributed by atoms with van der Waals surface area (Å²) in [4.78, 5) is 11.2. The van der Waals surface area contributed by atoms with Gasteiger partial charge in [0.25, 0.3) is 5.92 Å². The van der Waals surface area contributed by atoms with Crippen molar-refractivity contribution in [3.05, 3.63) is 64.1 Å². The van der Waals surface area contributed by atoms with Crippen LogP contribution in [0.5, 0.6) is 0 Å². The van der Waals surface area contributed by atoms with Crippen LogP contribution in [0.25, 0.3) is 6.08 Å². The number of aliphatic imine (C=N–C) groups is 1. The highest BCUT2D eigenvalue weighted by atomic mass is 19.3. The second-order valence-corrected chi connectivity index (χ2v) is 11.2. The van der Waals surface area contributed by atoms with Crippen LogP contribution in [0.15, 0.2) is 35.5 Å². The number of nitrogens with zero attached hydrogens (tertiary/aromatic N) is 3. The standard InChI is InChI=1S/C26H29F2N3O/c1-23(2,3)20-9-8-14-18(29-20)10-11-31-19-13-17-16(12-15(19)22(32)30-21(14)31)24(4,5)26(27,28)25(17,6)7/h8-13,22,32H,1-7H3. The fraction of sp³-hybridized carbons (Fsp3) is 0.462. The SMILES string of the molecule is CC(C)(C)c1ccc2c(n1)C=CN1C2=NC(O)c2cc3c(cc21)C(C)(C)C(F)(F)C3(C)C. The van der Waals surface area contributed by atoms with E-state index >= 15 is 8.78 Å². The first kappa shape index (κ1) is 21.3. The number of hydrogen-bond acceptors (Lipinski definition) is 4. The number of aliphatic hydroxyl groups is 1. The molecule has 168 valence electrons. The summed E-state index contributed by atoms with van der Waals surface area (Å²) in [7, 11) is 0. The fourth-order valence-electron chi connectivity index (χ4n) is 5.24. The van der Waals surface area contributed by atoms with Crippen LogP contribution in [0.4, 0.5) is 14.5 Å². The number of hydrogen-bond donors (Lipinski definition) is 1. The second-order valence-electron chi connectivity index (χ2n) is 11.2. The van der Waals surface area contributed by atoms with Crippen LogP contribution in [-0.2, 0) is 16.2 Å². The summed E-state index contributed by atoms with van der Waals surface area (Å²) in [5, 5.41) is 10.9. The molecular formula is C26H29F2N3O. The quantitative estimate of drug-likeness (QED) is 0.565. The molecule has 1 atom stereocenters. The van der Waals surface area contributed by atoms with E-state index < -0.39 is 23.0 Å². The summed E-state index contributed by atoms with van der Waals surface area (Å²) in [6, 6.07) is 7.50. The lowest BCUT2D eigenvalue weighted by molar-refractivity contribution is -0.105. The maximum absolute atomic E-state index is 15.4. The number of alkyl halides is 2. The Labute approximate surface area is 187 Å². The molecule has 1 unspecified atom stereocenters. The molecule has 1 N–H and O–H groups in total. The molecule has 2 aromatic rings. The molecule has 0 fully saturated rings. The van der Waals surface area contributed by atoms with E-state index in [9.17, 15) is 5.11 Å². The van der Waals surface area contributed by atoms with Crippen LogP contribution in [0.3, 0.4) is 0 Å². The summed E-state index contributed by atoms with van der Waals surface area (Å²) >= 11 is 0. The van der Waals surface area contributed by atoms with Gasteiger partial charge >= 0.3 is 0 Å². The first-order valence-electron chi connectivity index (χ1n) is 11.0. The highest BCUT2D eigenvalue weighted by molar-refractivity contribution is 6.16. The number of rotatable bonds is 0. The molecule has 0 amide bonds. The van der Waals surface area contributed by atoms with Crippen molar-refractivity contribution in [3.63, 3.8) is 0 Å². The van der Waals surface area contributed by atoms with Gasteiger partial charge in [-0.3, -0.25) is 4.98 Å². The zero-order valence-corrected chi connectivity index (χ0v) is 19.6. The number of pyridine rings is 1. The van der Waals surface area contributed by atoms with E-state index in [1.165, 1.54) is 0 Å². The number of amidine groups is 1. The van der Waals surface area contributed by atoms with Gasteiger partial charge in [-0.1, -0.05) is 20.8 Å². The Balaban J connectivity index is 1.68. The lowest BCUT2D eigenvalue weighted by atomic mass is 9.77. The largest absolute Gasteiger partial charge is 0.368 e. The van der Waals surface area contributed by atoms with Gasteiger partial charge in [0.05, 0.1) is 22.2 Å². The van der Waals surface area contributed by atoms with Gasteiger partial charge < -0.3 is 10.0 Å². The molecule has 1 aromatic carbocycles. The van der Waals surface area contributed by atoms with E-state index in [0.29, 0.717) is 28.2 Å². The van der Waals surface area contributed by atoms with Crippen molar-refractivity contribution in [2.24, 2.45) is 4.99 Å². The number of fused-ring (bicyclic) bond motifs is 6. The molecule has 0 spiro atoms. The molecule has 5 rings (SSSR count). The lowest BCUT2D eigenvalue weighted by Gasteiger charge is -2.35. The molecule has 3 aliphatic rings. The lowest BCUT2D eigenvalue weighted by Crippen LogP contribution is -2.46. The van der Waals surface area contributed by atoms with Crippen LogP contribution < -0.4 is 4.90 Å². The van der Waals surface area contributed by atoms with E-state index in [4.69, 9.17) is 4.98 Å². The molecule has 2 aliphatic heterocycles. The van der Waals surface area contributed by atoms with Gasteiger partial charge in [-0.05, 0) is 69.2 Å². The summed E-state index contributed by atoms with van der Waals surface area (Å²) in [6.45, 7) is 12.7. The topological polar surface area (TPSA) is 48.7 Å². The average Bonchev–Trinajstić information content (AvgIpc) is 2.80. The zero-order chi connectivity index (χ0) is 23.4. The van der Waals surface area contributed by atoms with Crippen molar-refractivity contribution < 1.29 is 13.9 Å². The zero-order valence-electron chi connectivity index (χ0n) is 19.6. The Hall–Kier alpha value is -2.60. The molecule has 6 heteroatoms. The molecular weight excluding hydrogens is 408 g/mol. The minimum absolute atomic E-state index is 0.0926. The van der Waals surface area contributed by atoms with Gasteiger partial charge in [0.2, 0.25) is 0 Å². The van der Waals surface area contributed by atoms with Crippen molar-refractivity contribution in [1.82, 2.24) is 4.98 Å². The molecule has 0 saturated heterocycles. The monoisotopic (exact) mass is 437 g/mol. The van der Waals surface area contributed by atoms with Crippen molar-refractivity contribution in [1.29, 1.82) is 0 Å². The Morgan fingerprint density at radius 1 is 1.00 bits per heavy atom. The molecule has 0 saturated carbocycles. The molecule has 0 radical (unpaired) electrons. The number of aromatic nitrogens is 1. The molecule has 1 aliphatic carbocycles. The summed E-state index contributed by atoms with van der Waals surface area (Å²) in [5.41, 5.74) is 2.21. The first-order valence-corrected chi connectivity index (χ1v) is 11.0. The predicted molar refractivity (Wildman–Crippen MR) is 123 cm³/mol. The van der Waals surface area contributed by atoms with E-state index in [2.05, 4.69) is 25.8 Å². The van der Waals surface area contributed by atoms with E-state index in [0.717, 1.165) is 17.0 Å². The maximum atomic E-state index is 15.4. The fourth-order valence-corrected chi connectivity index (χ4v) is 5.24. The molecule has 4 nitrogen and oxygen atoms in total. The van der Waals surface area contributed by atoms with Gasteiger partial charge in [-0.25, -0.2) is 13.8 Å². The van der Waals surface area contributed by atoms with E-state index in [1.807, 2.05) is 35.4 Å². The average molecular weight is 438 g/mol. The van der Waals surface area contributed by atoms with Crippen LogP contribution in [0, 0.1) is 0 Å². The minimum Gasteiger partial charge on any atom is -0.368 e. The highest BCUT2D eigenvalue weighted by Crippen LogP contribution is 2.60. The Bertz CT molecular complexity index is 1220. The van der Waals surface area contributed by atoms with Crippen molar-refractivity contribution in [3.8, 4) is 0 Å². The van der Waals surface area contributed by atoms with Crippen LogP contribution >= 0.6 is 0 Å². The van der Waals surface area contributed by atoms with Crippen molar-refractivity contribution >= 4 is 17.6 Å². The third kappa shape index (κ3) is 2.50. The van der Waals surface area contributed by atoms with Gasteiger partial charge in [0, 0.05) is 28.4 Å². The maximum Gasteiger partial charge on any atom is 0.266 e. The smallest absolute Gasteiger partial charge is 0.266 e. The first-order chi connectivity index (χ1) is 14.7. The van der Waals surface area contributed by atoms with Gasteiger partial charge in [-0.2, -0.15) is 0 Å². The summed E-state index contributed by atoms with van der Waals surface area (Å²) in [6.07, 6.45) is 2.65. The third-order valence-electron chi connectivity index (χ3n) is 7.41. The minimum atomic E-state index is -2.93. The number of anilines is 1. The van der Waals surface area contributed by atoms with Crippen LogP contribution in [-0.4, -0.2) is 21.8 Å². The van der Waals surface area contributed by atoms with E-state index in [1.54, 1.807) is 33.8 Å². The van der Waals surface area contributed by atoms with Crippen LogP contribution in [0.2, 0.25) is 0 Å². The predicted octanol–water partition coefficient (Wildman–Crippen LogP) is 5.83. The Kier molecular flexibility index (Phi) is 4.01. The summed E-state index contributed by atoms with van der Waals surface area (Å²) in [5.74, 6) is -2.35. The second kappa shape index (κ2) is 6.04. The molecule has 0 bridgehead atoms. The molecule has 1 aromatic heterocycles. The highest BCUT2D eigenvalue weighted by Gasteiger charge is 2.65. The normalized spacial score (nSPS) is 23.8. The third-order valence-corrected chi connectivity index (χ3v) is 7.41. The van der Waals surface area contributed by atoms with Crippen LogP contribution in [0.1, 0.15) is 88.3 Å². The summed E-state index contributed by atoms with van der Waals surface area (Å²) < 4.78 is 30.8. The number of aliphatic hydroxyl groups excluding tert-OH is 1. The number of benzene rings is 1. The molecule has 3 heterocycles. The van der Waals surface area contributed by atoms with Crippen molar-refractivity contribution in [2.45, 2.75) is 76.9 Å². The Morgan fingerprint density at radius 2 is 1.62 bits per heavy atom. The number of halogens is 2.